The summed E-state index contributed by atoms with van der Waals surface area (Å²) < 4.78 is 5.08. The normalized spacial score (nSPS) is 13.8. The van der Waals surface area contributed by atoms with E-state index in [0.29, 0.717) is 6.54 Å². The van der Waals surface area contributed by atoms with E-state index < -0.39 is 11.8 Å². The molecule has 1 fully saturated rings. The van der Waals surface area contributed by atoms with Gasteiger partial charge in [-0.1, -0.05) is 12.1 Å². The molecule has 96 valence electrons. The minimum Gasteiger partial charge on any atom is -0.497 e. The van der Waals surface area contributed by atoms with Gasteiger partial charge in [-0.05, 0) is 30.5 Å². The third-order valence-electron chi connectivity index (χ3n) is 2.71. The molecule has 0 saturated heterocycles. The average Bonchev–Trinajstić information content (AvgIpc) is 3.20. The summed E-state index contributed by atoms with van der Waals surface area (Å²) in [6.07, 6.45) is 1.93. The molecule has 0 heterocycles. The number of hydrogen-bond donors (Lipinski definition) is 2. The quantitative estimate of drug-likeness (QED) is 0.766. The molecule has 1 aromatic carbocycles. The van der Waals surface area contributed by atoms with Crippen molar-refractivity contribution in [2.75, 3.05) is 7.11 Å². The van der Waals surface area contributed by atoms with E-state index in [2.05, 4.69) is 10.6 Å². The third kappa shape index (κ3) is 3.48. The lowest BCUT2D eigenvalue weighted by atomic mass is 10.2. The number of ether oxygens (including phenoxy) is 1. The molecule has 0 atom stereocenters. The zero-order chi connectivity index (χ0) is 13.0. The van der Waals surface area contributed by atoms with Crippen molar-refractivity contribution in [2.24, 2.45) is 0 Å². The number of nitrogens with one attached hydrogen (secondary N) is 2. The van der Waals surface area contributed by atoms with Gasteiger partial charge in [0.25, 0.3) is 0 Å². The van der Waals surface area contributed by atoms with Crippen LogP contribution in [-0.4, -0.2) is 25.0 Å². The first-order chi connectivity index (χ1) is 8.69. The van der Waals surface area contributed by atoms with Gasteiger partial charge in [-0.2, -0.15) is 0 Å². The highest BCUT2D eigenvalue weighted by Crippen LogP contribution is 2.18. The summed E-state index contributed by atoms with van der Waals surface area (Å²) in [4.78, 5) is 22.9. The highest BCUT2D eigenvalue weighted by Gasteiger charge is 2.26. The van der Waals surface area contributed by atoms with E-state index in [1.54, 1.807) is 7.11 Å². The Kier molecular flexibility index (Phi) is 3.82. The predicted molar refractivity (Wildman–Crippen MR) is 66.0 cm³/mol. The Morgan fingerprint density at radius 1 is 1.33 bits per heavy atom. The smallest absolute Gasteiger partial charge is 0.309 e. The van der Waals surface area contributed by atoms with E-state index in [-0.39, 0.29) is 6.04 Å². The number of benzene rings is 1. The second-order valence-corrected chi connectivity index (χ2v) is 4.28. The van der Waals surface area contributed by atoms with E-state index >= 15 is 0 Å². The Bertz CT molecular complexity index is 455. The van der Waals surface area contributed by atoms with Crippen LogP contribution in [0.15, 0.2) is 24.3 Å². The van der Waals surface area contributed by atoms with Crippen molar-refractivity contribution >= 4 is 11.8 Å². The fraction of sp³-hybridized carbons (Fsp3) is 0.385. The van der Waals surface area contributed by atoms with Crippen molar-refractivity contribution in [3.8, 4) is 5.75 Å². The largest absolute Gasteiger partial charge is 0.497 e. The fourth-order valence-electron chi connectivity index (χ4n) is 1.52. The fourth-order valence-corrected chi connectivity index (χ4v) is 1.52. The van der Waals surface area contributed by atoms with Crippen LogP contribution in [0.1, 0.15) is 18.4 Å². The maximum absolute atomic E-state index is 11.5. The first-order valence-corrected chi connectivity index (χ1v) is 5.90. The lowest BCUT2D eigenvalue weighted by Gasteiger charge is -2.07. The molecule has 5 heteroatoms. The van der Waals surface area contributed by atoms with Crippen LogP contribution in [0.4, 0.5) is 0 Å². The Morgan fingerprint density at radius 2 is 2.11 bits per heavy atom. The summed E-state index contributed by atoms with van der Waals surface area (Å²) in [6, 6.07) is 7.54. The molecular formula is C13H16N2O3. The zero-order valence-corrected chi connectivity index (χ0v) is 10.2. The van der Waals surface area contributed by atoms with Gasteiger partial charge in [-0.3, -0.25) is 9.59 Å². The Labute approximate surface area is 106 Å². The van der Waals surface area contributed by atoms with Crippen molar-refractivity contribution < 1.29 is 14.3 Å². The molecule has 0 radical (unpaired) electrons. The van der Waals surface area contributed by atoms with Crippen molar-refractivity contribution in [3.63, 3.8) is 0 Å². The first kappa shape index (κ1) is 12.4. The molecule has 2 amide bonds. The van der Waals surface area contributed by atoms with Crippen molar-refractivity contribution in [1.29, 1.82) is 0 Å². The van der Waals surface area contributed by atoms with Gasteiger partial charge < -0.3 is 15.4 Å². The van der Waals surface area contributed by atoms with Gasteiger partial charge in [0.15, 0.2) is 0 Å². The molecule has 1 saturated carbocycles. The van der Waals surface area contributed by atoms with Crippen molar-refractivity contribution in [1.82, 2.24) is 10.6 Å². The monoisotopic (exact) mass is 248 g/mol. The topological polar surface area (TPSA) is 67.4 Å². The zero-order valence-electron chi connectivity index (χ0n) is 10.2. The van der Waals surface area contributed by atoms with Crippen LogP contribution in [0.25, 0.3) is 0 Å². The summed E-state index contributed by atoms with van der Waals surface area (Å²) in [6.45, 7) is 0.314. The summed E-state index contributed by atoms with van der Waals surface area (Å²) in [5, 5.41) is 5.21. The second kappa shape index (κ2) is 5.53. The molecule has 0 unspecified atom stereocenters. The molecule has 1 aromatic rings. The van der Waals surface area contributed by atoms with E-state index in [4.69, 9.17) is 4.74 Å². The number of methoxy groups -OCH3 is 1. The summed E-state index contributed by atoms with van der Waals surface area (Å²) in [5.41, 5.74) is 0.891. The summed E-state index contributed by atoms with van der Waals surface area (Å²) in [5.74, 6) is -0.422. The van der Waals surface area contributed by atoms with Gasteiger partial charge in [0.2, 0.25) is 0 Å². The van der Waals surface area contributed by atoms with Crippen LogP contribution < -0.4 is 15.4 Å². The number of amides is 2. The van der Waals surface area contributed by atoms with Crippen molar-refractivity contribution in [3.05, 3.63) is 29.8 Å². The maximum Gasteiger partial charge on any atom is 0.309 e. The minimum atomic E-state index is -0.593. The van der Waals surface area contributed by atoms with E-state index in [9.17, 15) is 9.59 Å². The lowest BCUT2D eigenvalue weighted by molar-refractivity contribution is -0.139. The Morgan fingerprint density at radius 3 is 2.78 bits per heavy atom. The van der Waals surface area contributed by atoms with Gasteiger partial charge in [0.05, 0.1) is 7.11 Å². The number of carbonyl (C=O) groups excluding carboxylic acids is 2. The third-order valence-corrected chi connectivity index (χ3v) is 2.71. The standard InChI is InChI=1S/C13H16N2O3/c1-18-11-4-2-3-9(7-11)8-14-12(16)13(17)15-10-5-6-10/h2-4,7,10H,5-6,8H2,1H3,(H,14,16)(H,15,17). The number of hydrogen-bond acceptors (Lipinski definition) is 3. The SMILES string of the molecule is COc1cccc(CNC(=O)C(=O)NC2CC2)c1. The van der Waals surface area contributed by atoms with E-state index in [0.717, 1.165) is 24.2 Å². The molecule has 5 nitrogen and oxygen atoms in total. The molecule has 1 aliphatic carbocycles. The van der Waals surface area contributed by atoms with E-state index in [1.807, 2.05) is 24.3 Å². The highest BCUT2D eigenvalue weighted by molar-refractivity contribution is 6.35. The van der Waals surface area contributed by atoms with Crippen LogP contribution in [0.2, 0.25) is 0 Å². The molecule has 0 bridgehead atoms. The maximum atomic E-state index is 11.5. The molecular weight excluding hydrogens is 232 g/mol. The second-order valence-electron chi connectivity index (χ2n) is 4.28. The lowest BCUT2D eigenvalue weighted by Crippen LogP contribution is -2.40. The predicted octanol–water partition coefficient (Wildman–Crippen LogP) is 0.590. The van der Waals surface area contributed by atoms with Gasteiger partial charge >= 0.3 is 11.8 Å². The van der Waals surface area contributed by atoms with Crippen LogP contribution in [0.5, 0.6) is 5.75 Å². The van der Waals surface area contributed by atoms with E-state index in [1.165, 1.54) is 0 Å². The van der Waals surface area contributed by atoms with Gasteiger partial charge in [0.1, 0.15) is 5.75 Å². The highest BCUT2D eigenvalue weighted by atomic mass is 16.5. The summed E-state index contributed by atoms with van der Waals surface area (Å²) in [7, 11) is 1.58. The van der Waals surface area contributed by atoms with Gasteiger partial charge in [-0.15, -0.1) is 0 Å². The molecule has 0 aliphatic heterocycles. The molecule has 18 heavy (non-hydrogen) atoms. The molecule has 2 rings (SSSR count). The van der Waals surface area contributed by atoms with Gasteiger partial charge in [-0.25, -0.2) is 0 Å². The first-order valence-electron chi connectivity index (χ1n) is 5.90. The minimum absolute atomic E-state index is 0.195. The Balaban J connectivity index is 1.82. The van der Waals surface area contributed by atoms with Crippen molar-refractivity contribution in [2.45, 2.75) is 25.4 Å². The van der Waals surface area contributed by atoms with Crippen LogP contribution in [0.3, 0.4) is 0 Å². The van der Waals surface area contributed by atoms with Gasteiger partial charge in [0, 0.05) is 12.6 Å². The van der Waals surface area contributed by atoms with Crippen LogP contribution in [0, 0.1) is 0 Å². The van der Waals surface area contributed by atoms with Crippen LogP contribution >= 0.6 is 0 Å². The Hall–Kier alpha value is -2.04. The number of rotatable bonds is 4. The summed E-state index contributed by atoms with van der Waals surface area (Å²) >= 11 is 0. The number of carbonyl (C=O) groups is 2. The molecule has 0 aromatic heterocycles. The molecule has 2 N–H and O–H groups in total. The molecule has 1 aliphatic rings. The van der Waals surface area contributed by atoms with Crippen LogP contribution in [-0.2, 0) is 16.1 Å². The average molecular weight is 248 g/mol. The molecule has 0 spiro atoms.